The highest BCUT2D eigenvalue weighted by molar-refractivity contribution is 6.02. The Kier molecular flexibility index (Phi) is 2.49. The van der Waals surface area contributed by atoms with E-state index in [1.807, 2.05) is 36.4 Å². The Hall–Kier alpha value is -2.75. The second kappa shape index (κ2) is 4.17. The van der Waals surface area contributed by atoms with Crippen molar-refractivity contribution < 1.29 is 14.6 Å². The molecule has 4 nitrogen and oxygen atoms in total. The maximum atomic E-state index is 10.9. The molecule has 1 amide bonds. The van der Waals surface area contributed by atoms with Crippen LogP contribution in [-0.4, -0.2) is 11.2 Å². The van der Waals surface area contributed by atoms with Crippen molar-refractivity contribution in [1.29, 1.82) is 0 Å². The van der Waals surface area contributed by atoms with Gasteiger partial charge in [-0.05, 0) is 34.4 Å². The van der Waals surface area contributed by atoms with E-state index < -0.39 is 6.09 Å². The van der Waals surface area contributed by atoms with E-state index >= 15 is 0 Å². The first-order chi connectivity index (χ1) is 9.15. The lowest BCUT2D eigenvalue weighted by Crippen LogP contribution is -2.16. The molecule has 0 aliphatic heterocycles. The van der Waals surface area contributed by atoms with Gasteiger partial charge in [0.2, 0.25) is 0 Å². The fourth-order valence-electron chi connectivity index (χ4n) is 2.18. The number of phenolic OH excluding ortho intramolecular Hbond substituents is 1. The molecule has 4 heteroatoms. The smallest absolute Gasteiger partial charge is 0.410 e. The maximum absolute atomic E-state index is 10.9. The summed E-state index contributed by atoms with van der Waals surface area (Å²) in [5, 5.41) is 13.4. The van der Waals surface area contributed by atoms with Gasteiger partial charge in [0.25, 0.3) is 0 Å². The minimum Gasteiger partial charge on any atom is -0.504 e. The van der Waals surface area contributed by atoms with Crippen molar-refractivity contribution >= 4 is 27.6 Å². The van der Waals surface area contributed by atoms with Crippen LogP contribution < -0.4 is 10.5 Å². The quantitative estimate of drug-likeness (QED) is 0.654. The number of hydrogen-bond donors (Lipinski definition) is 2. The van der Waals surface area contributed by atoms with Gasteiger partial charge in [-0.3, -0.25) is 0 Å². The summed E-state index contributed by atoms with van der Waals surface area (Å²) in [6.07, 6.45) is -0.948. The van der Waals surface area contributed by atoms with Gasteiger partial charge in [-0.25, -0.2) is 4.79 Å². The molecule has 0 bridgehead atoms. The van der Waals surface area contributed by atoms with Gasteiger partial charge < -0.3 is 15.6 Å². The summed E-state index contributed by atoms with van der Waals surface area (Å²) >= 11 is 0. The molecule has 0 heterocycles. The topological polar surface area (TPSA) is 72.6 Å². The third kappa shape index (κ3) is 1.93. The minimum atomic E-state index is -0.948. The number of rotatable bonds is 1. The monoisotopic (exact) mass is 253 g/mol. The van der Waals surface area contributed by atoms with Crippen molar-refractivity contribution in [3.05, 3.63) is 48.5 Å². The molecule has 0 aliphatic rings. The van der Waals surface area contributed by atoms with Crippen LogP contribution in [0.1, 0.15) is 0 Å². The van der Waals surface area contributed by atoms with Gasteiger partial charge in [-0.2, -0.15) is 0 Å². The summed E-state index contributed by atoms with van der Waals surface area (Å²) in [6, 6.07) is 14.9. The zero-order valence-electron chi connectivity index (χ0n) is 9.96. The van der Waals surface area contributed by atoms with Crippen molar-refractivity contribution in [2.24, 2.45) is 5.73 Å². The van der Waals surface area contributed by atoms with Crippen LogP contribution in [0.2, 0.25) is 0 Å². The summed E-state index contributed by atoms with van der Waals surface area (Å²) in [6.45, 7) is 0. The Morgan fingerprint density at radius 1 is 1.00 bits per heavy atom. The van der Waals surface area contributed by atoms with Gasteiger partial charge in [0.05, 0.1) is 0 Å². The Morgan fingerprint density at radius 2 is 1.68 bits per heavy atom. The molecule has 94 valence electrons. The first-order valence-electron chi connectivity index (χ1n) is 5.77. The lowest BCUT2D eigenvalue weighted by Gasteiger charge is -2.09. The van der Waals surface area contributed by atoms with E-state index in [4.69, 9.17) is 10.5 Å². The molecule has 0 saturated carbocycles. The molecular weight excluding hydrogens is 242 g/mol. The van der Waals surface area contributed by atoms with Gasteiger partial charge in [0, 0.05) is 5.39 Å². The number of carbonyl (C=O) groups excluding carboxylic acids is 1. The molecule has 19 heavy (non-hydrogen) atoms. The predicted molar refractivity (Wildman–Crippen MR) is 73.3 cm³/mol. The zero-order valence-corrected chi connectivity index (χ0v) is 9.96. The summed E-state index contributed by atoms with van der Waals surface area (Å²) in [5.74, 6) is -0.0164. The van der Waals surface area contributed by atoms with Gasteiger partial charge in [-0.15, -0.1) is 0 Å². The van der Waals surface area contributed by atoms with Crippen LogP contribution >= 0.6 is 0 Å². The first kappa shape index (κ1) is 11.3. The highest BCUT2D eigenvalue weighted by Gasteiger charge is 2.11. The van der Waals surface area contributed by atoms with Crippen LogP contribution in [-0.2, 0) is 0 Å². The van der Waals surface area contributed by atoms with Crippen LogP contribution in [0.25, 0.3) is 21.5 Å². The maximum Gasteiger partial charge on any atom is 0.410 e. The van der Waals surface area contributed by atoms with Crippen molar-refractivity contribution in [3.63, 3.8) is 0 Å². The Labute approximate surface area is 109 Å². The number of hydrogen-bond acceptors (Lipinski definition) is 3. The second-order valence-electron chi connectivity index (χ2n) is 4.26. The third-order valence-corrected chi connectivity index (χ3v) is 3.02. The summed E-state index contributed by atoms with van der Waals surface area (Å²) in [7, 11) is 0. The molecule has 0 aromatic heterocycles. The van der Waals surface area contributed by atoms with E-state index in [1.54, 1.807) is 6.07 Å². The normalized spacial score (nSPS) is 10.7. The van der Waals surface area contributed by atoms with Crippen LogP contribution in [0.5, 0.6) is 11.5 Å². The van der Waals surface area contributed by atoms with E-state index in [0.717, 1.165) is 16.2 Å². The SMILES string of the molecule is NC(=O)Oc1c(O)ccc2cc3ccccc3cc12. The fourth-order valence-corrected chi connectivity index (χ4v) is 2.18. The molecule has 3 N–H and O–H groups in total. The van der Waals surface area contributed by atoms with Crippen molar-refractivity contribution in [3.8, 4) is 11.5 Å². The highest BCUT2D eigenvalue weighted by atomic mass is 16.6. The van der Waals surface area contributed by atoms with Crippen molar-refractivity contribution in [2.45, 2.75) is 0 Å². The van der Waals surface area contributed by atoms with E-state index in [-0.39, 0.29) is 11.5 Å². The highest BCUT2D eigenvalue weighted by Crippen LogP contribution is 2.36. The molecule has 0 atom stereocenters. The minimum absolute atomic E-state index is 0.0933. The van der Waals surface area contributed by atoms with E-state index in [1.165, 1.54) is 6.07 Å². The number of amides is 1. The van der Waals surface area contributed by atoms with E-state index in [9.17, 15) is 9.90 Å². The summed E-state index contributed by atoms with van der Waals surface area (Å²) in [4.78, 5) is 10.9. The van der Waals surface area contributed by atoms with Crippen LogP contribution in [0, 0.1) is 0 Å². The lowest BCUT2D eigenvalue weighted by molar-refractivity contribution is 0.209. The van der Waals surface area contributed by atoms with Crippen LogP contribution in [0.15, 0.2) is 48.5 Å². The molecule has 0 saturated heterocycles. The molecule has 3 aromatic carbocycles. The Balaban J connectivity index is 2.37. The molecule has 3 aromatic rings. The largest absolute Gasteiger partial charge is 0.504 e. The molecule has 0 radical (unpaired) electrons. The van der Waals surface area contributed by atoms with Gasteiger partial charge in [0.15, 0.2) is 11.5 Å². The lowest BCUT2D eigenvalue weighted by atomic mass is 10.0. The molecule has 0 spiro atoms. The van der Waals surface area contributed by atoms with E-state index in [2.05, 4.69) is 0 Å². The Bertz CT molecular complexity index is 796. The zero-order chi connectivity index (χ0) is 13.4. The van der Waals surface area contributed by atoms with Crippen LogP contribution in [0.3, 0.4) is 0 Å². The van der Waals surface area contributed by atoms with Crippen molar-refractivity contribution in [1.82, 2.24) is 0 Å². The number of ether oxygens (including phenoxy) is 1. The number of aromatic hydroxyl groups is 1. The fraction of sp³-hybridized carbons (Fsp3) is 0. The molecule has 0 fully saturated rings. The Morgan fingerprint density at radius 3 is 2.37 bits per heavy atom. The predicted octanol–water partition coefficient (Wildman–Crippen LogP) is 3.16. The number of fused-ring (bicyclic) bond motifs is 2. The average Bonchev–Trinajstić information content (AvgIpc) is 2.40. The van der Waals surface area contributed by atoms with Gasteiger partial charge in [0.1, 0.15) is 0 Å². The second-order valence-corrected chi connectivity index (χ2v) is 4.26. The third-order valence-electron chi connectivity index (χ3n) is 3.02. The van der Waals surface area contributed by atoms with E-state index in [0.29, 0.717) is 5.39 Å². The van der Waals surface area contributed by atoms with Gasteiger partial charge >= 0.3 is 6.09 Å². The van der Waals surface area contributed by atoms with Crippen molar-refractivity contribution in [2.75, 3.05) is 0 Å². The number of nitrogens with two attached hydrogens (primary N) is 1. The standard InChI is InChI=1S/C15H11NO3/c16-15(18)19-14-12-8-10-4-2-1-3-9(10)7-11(12)5-6-13(14)17/h1-8,17H,(H2,16,18). The summed E-state index contributed by atoms with van der Waals surface area (Å²) in [5.41, 5.74) is 5.02. The molecule has 0 unspecified atom stereocenters. The number of primary amides is 1. The summed E-state index contributed by atoms with van der Waals surface area (Å²) < 4.78 is 4.90. The number of phenols is 1. The number of benzene rings is 3. The van der Waals surface area contributed by atoms with Crippen LogP contribution in [0.4, 0.5) is 4.79 Å². The molecular formula is C15H11NO3. The molecule has 0 aliphatic carbocycles. The van der Waals surface area contributed by atoms with Gasteiger partial charge in [-0.1, -0.05) is 30.3 Å². The first-order valence-corrected chi connectivity index (χ1v) is 5.77. The molecule has 3 rings (SSSR count). The average molecular weight is 253 g/mol. The number of carbonyl (C=O) groups is 1.